The maximum atomic E-state index is 12.4. The van der Waals surface area contributed by atoms with Crippen molar-refractivity contribution in [1.29, 1.82) is 0 Å². The molecule has 0 amide bonds. The van der Waals surface area contributed by atoms with E-state index in [0.29, 0.717) is 46.5 Å². The van der Waals surface area contributed by atoms with Gasteiger partial charge < -0.3 is 15.2 Å². The molecular formula is C20H21N7O3S. The predicted molar refractivity (Wildman–Crippen MR) is 117 cm³/mol. The molecule has 0 spiro atoms. The molecule has 160 valence electrons. The Morgan fingerprint density at radius 2 is 1.77 bits per heavy atom. The molecule has 0 saturated heterocycles. The maximum Gasteiger partial charge on any atom is 0.217 e. The summed E-state index contributed by atoms with van der Waals surface area (Å²) in [6, 6.07) is 14.4. The lowest BCUT2D eigenvalue weighted by molar-refractivity contribution is 0.448. The number of hydrogen-bond donors (Lipinski definition) is 3. The summed E-state index contributed by atoms with van der Waals surface area (Å²) in [6.45, 7) is 2.31. The Hall–Kier alpha value is -3.57. The van der Waals surface area contributed by atoms with E-state index in [1.165, 1.54) is 0 Å². The van der Waals surface area contributed by atoms with Gasteiger partial charge in [0, 0.05) is 30.7 Å². The number of aromatic nitrogens is 4. The molecule has 0 radical (unpaired) electrons. The first kappa shape index (κ1) is 20.7. The Morgan fingerprint density at radius 1 is 0.968 bits per heavy atom. The highest BCUT2D eigenvalue weighted by molar-refractivity contribution is 7.88. The number of aryl methyl sites for hydroxylation is 1. The van der Waals surface area contributed by atoms with Crippen LogP contribution in [0.15, 0.2) is 59.3 Å². The Balaban J connectivity index is 1.32. The lowest BCUT2D eigenvalue weighted by atomic mass is 10.2. The molecule has 3 aromatic heterocycles. The van der Waals surface area contributed by atoms with Gasteiger partial charge in [0.2, 0.25) is 10.0 Å². The summed E-state index contributed by atoms with van der Waals surface area (Å²) in [6.07, 6.45) is 1.68. The van der Waals surface area contributed by atoms with Crippen LogP contribution in [0.2, 0.25) is 0 Å². The van der Waals surface area contributed by atoms with Crippen molar-refractivity contribution in [1.82, 2.24) is 24.8 Å². The molecular weight excluding hydrogens is 418 g/mol. The first-order valence-electron chi connectivity index (χ1n) is 9.57. The number of para-hydroxylation sites is 1. The second kappa shape index (κ2) is 9.06. The van der Waals surface area contributed by atoms with Crippen molar-refractivity contribution in [3.63, 3.8) is 0 Å². The fraction of sp³-hybridized carbons (Fsp3) is 0.200. The van der Waals surface area contributed by atoms with E-state index in [9.17, 15) is 8.42 Å². The molecule has 4 aromatic rings. The zero-order valence-corrected chi connectivity index (χ0v) is 17.6. The van der Waals surface area contributed by atoms with E-state index in [-0.39, 0.29) is 12.3 Å². The van der Waals surface area contributed by atoms with Crippen LogP contribution in [0, 0.1) is 6.92 Å². The van der Waals surface area contributed by atoms with Crippen LogP contribution in [0.3, 0.4) is 0 Å². The van der Waals surface area contributed by atoms with E-state index >= 15 is 0 Å². The van der Waals surface area contributed by atoms with Crippen LogP contribution >= 0.6 is 0 Å². The fourth-order valence-corrected chi connectivity index (χ4v) is 4.04. The lowest BCUT2D eigenvalue weighted by Crippen LogP contribution is -2.30. The second-order valence-corrected chi connectivity index (χ2v) is 8.54. The summed E-state index contributed by atoms with van der Waals surface area (Å²) in [4.78, 5) is 12.9. The minimum atomic E-state index is -3.57. The molecule has 0 unspecified atom stereocenters. The van der Waals surface area contributed by atoms with E-state index in [0.717, 1.165) is 0 Å². The Kier molecular flexibility index (Phi) is 6.05. The van der Waals surface area contributed by atoms with E-state index in [1.807, 2.05) is 30.3 Å². The van der Waals surface area contributed by atoms with Gasteiger partial charge in [-0.25, -0.2) is 28.1 Å². The smallest absolute Gasteiger partial charge is 0.217 e. The number of nitrogens with one attached hydrogen (secondary N) is 3. The molecule has 0 aliphatic heterocycles. The van der Waals surface area contributed by atoms with Crippen LogP contribution in [0.5, 0.6) is 0 Å². The second-order valence-electron chi connectivity index (χ2n) is 6.73. The number of pyridine rings is 1. The Morgan fingerprint density at radius 3 is 2.61 bits per heavy atom. The van der Waals surface area contributed by atoms with Crippen LogP contribution in [0.1, 0.15) is 11.5 Å². The number of nitrogens with zero attached hydrogens (tertiary/aromatic N) is 4. The van der Waals surface area contributed by atoms with Gasteiger partial charge in [-0.2, -0.15) is 0 Å². The van der Waals surface area contributed by atoms with Crippen LogP contribution in [-0.2, 0) is 15.8 Å². The number of sulfonamides is 1. The van der Waals surface area contributed by atoms with E-state index < -0.39 is 10.0 Å². The van der Waals surface area contributed by atoms with Gasteiger partial charge in [-0.3, -0.25) is 0 Å². The van der Waals surface area contributed by atoms with Crippen molar-refractivity contribution < 1.29 is 12.9 Å². The van der Waals surface area contributed by atoms with Crippen LogP contribution in [-0.4, -0.2) is 41.6 Å². The quantitative estimate of drug-likeness (QED) is 0.336. The number of hydrogen-bond acceptors (Lipinski definition) is 9. The number of fused-ring (bicyclic) bond motifs is 1. The molecule has 0 fully saturated rings. The van der Waals surface area contributed by atoms with Gasteiger partial charge >= 0.3 is 0 Å². The summed E-state index contributed by atoms with van der Waals surface area (Å²) in [7, 11) is -3.57. The predicted octanol–water partition coefficient (Wildman–Crippen LogP) is 2.60. The number of rotatable bonds is 9. The molecule has 11 heteroatoms. The first-order valence-corrected chi connectivity index (χ1v) is 11.2. The van der Waals surface area contributed by atoms with Gasteiger partial charge in [0.25, 0.3) is 0 Å². The summed E-state index contributed by atoms with van der Waals surface area (Å²) in [5.74, 6) is 2.15. The molecule has 4 rings (SSSR count). The Labute approximate surface area is 179 Å². The molecule has 31 heavy (non-hydrogen) atoms. The average molecular weight is 440 g/mol. The number of benzene rings is 1. The molecule has 10 nitrogen and oxygen atoms in total. The average Bonchev–Trinajstić information content (AvgIpc) is 3.14. The summed E-state index contributed by atoms with van der Waals surface area (Å²) in [5.41, 5.74) is 0.941. The zero-order chi connectivity index (χ0) is 21.7. The number of anilines is 3. The molecule has 0 saturated carbocycles. The molecule has 0 aliphatic carbocycles. The van der Waals surface area contributed by atoms with Crippen molar-refractivity contribution in [2.24, 2.45) is 0 Å². The lowest BCUT2D eigenvalue weighted by Gasteiger charge is -2.10. The largest absolute Gasteiger partial charge is 0.369 e. The third-order valence-corrected chi connectivity index (χ3v) is 5.59. The van der Waals surface area contributed by atoms with Gasteiger partial charge in [0.15, 0.2) is 5.58 Å². The van der Waals surface area contributed by atoms with Crippen molar-refractivity contribution in [2.45, 2.75) is 12.7 Å². The van der Waals surface area contributed by atoms with Gasteiger partial charge in [-0.1, -0.05) is 23.4 Å². The molecule has 0 aliphatic rings. The molecule has 3 N–H and O–H groups in total. The highest BCUT2D eigenvalue weighted by Gasteiger charge is 2.17. The van der Waals surface area contributed by atoms with Gasteiger partial charge in [-0.05, 0) is 31.2 Å². The van der Waals surface area contributed by atoms with Crippen molar-refractivity contribution >= 4 is 38.4 Å². The van der Waals surface area contributed by atoms with Crippen LogP contribution < -0.4 is 15.4 Å². The maximum absolute atomic E-state index is 12.4. The normalized spacial score (nSPS) is 11.5. The molecule has 0 bridgehead atoms. The minimum Gasteiger partial charge on any atom is -0.369 e. The standard InChI is InChI=1S/C20H21N7O3S/c1-14-24-19(12-20(25-14)26-18-8-4-5-9-21-18)22-10-11-23-31(28,29)13-16-15-6-2-3-7-17(15)30-27-16/h2-9,12,23H,10-11,13H2,1H3,(H2,21,22,24,25,26). The van der Waals surface area contributed by atoms with Gasteiger partial charge in [-0.15, -0.1) is 0 Å². The highest BCUT2D eigenvalue weighted by Crippen LogP contribution is 2.19. The fourth-order valence-electron chi connectivity index (χ4n) is 2.96. The third-order valence-electron chi connectivity index (χ3n) is 4.29. The van der Waals surface area contributed by atoms with Crippen LogP contribution in [0.25, 0.3) is 11.0 Å². The van der Waals surface area contributed by atoms with E-state index in [2.05, 4.69) is 35.5 Å². The highest BCUT2D eigenvalue weighted by atomic mass is 32.2. The topological polar surface area (TPSA) is 135 Å². The molecule has 0 atom stereocenters. The van der Waals surface area contributed by atoms with E-state index in [4.69, 9.17) is 4.52 Å². The monoisotopic (exact) mass is 439 g/mol. The third kappa shape index (κ3) is 5.53. The van der Waals surface area contributed by atoms with Gasteiger partial charge in [0.1, 0.15) is 34.7 Å². The summed E-state index contributed by atoms with van der Waals surface area (Å²) < 4.78 is 32.5. The van der Waals surface area contributed by atoms with E-state index in [1.54, 1.807) is 31.3 Å². The minimum absolute atomic E-state index is 0.185. The zero-order valence-electron chi connectivity index (χ0n) is 16.7. The van der Waals surface area contributed by atoms with Gasteiger partial charge in [0.05, 0.1) is 0 Å². The SMILES string of the molecule is Cc1nc(NCCNS(=O)(=O)Cc2noc3ccccc23)cc(Nc2ccccn2)n1. The molecule has 1 aromatic carbocycles. The summed E-state index contributed by atoms with van der Waals surface area (Å²) in [5, 5.41) is 10.8. The van der Waals surface area contributed by atoms with Crippen molar-refractivity contribution in [2.75, 3.05) is 23.7 Å². The Bertz CT molecular complexity index is 1280. The molecule has 3 heterocycles. The van der Waals surface area contributed by atoms with Crippen molar-refractivity contribution in [3.8, 4) is 0 Å². The van der Waals surface area contributed by atoms with Crippen LogP contribution in [0.4, 0.5) is 17.5 Å². The first-order chi connectivity index (χ1) is 15.0. The summed E-state index contributed by atoms with van der Waals surface area (Å²) >= 11 is 0. The van der Waals surface area contributed by atoms with Crippen molar-refractivity contribution in [3.05, 3.63) is 66.2 Å².